The van der Waals surface area contributed by atoms with Gasteiger partial charge in [-0.25, -0.2) is 0 Å². The van der Waals surface area contributed by atoms with Crippen LogP contribution in [0.4, 0.5) is 0 Å². The summed E-state index contributed by atoms with van der Waals surface area (Å²) in [7, 11) is 1.78. The van der Waals surface area contributed by atoms with Gasteiger partial charge >= 0.3 is 0 Å². The summed E-state index contributed by atoms with van der Waals surface area (Å²) >= 11 is 0. The molecule has 1 aliphatic rings. The van der Waals surface area contributed by atoms with Crippen LogP contribution in [-0.4, -0.2) is 42.9 Å². The minimum atomic E-state index is 0.122. The first-order valence-corrected chi connectivity index (χ1v) is 6.76. The van der Waals surface area contributed by atoms with Crippen LogP contribution in [0.15, 0.2) is 24.3 Å². The second-order valence-corrected chi connectivity index (χ2v) is 4.81. The number of benzene rings is 1. The fourth-order valence-corrected chi connectivity index (χ4v) is 2.37. The van der Waals surface area contributed by atoms with Crippen molar-refractivity contribution >= 4 is 0 Å². The second-order valence-electron chi connectivity index (χ2n) is 4.81. The maximum atomic E-state index is 8.78. The molecule has 1 saturated heterocycles. The molecule has 1 aromatic rings. The molecule has 0 radical (unpaired) electrons. The highest BCUT2D eigenvalue weighted by atomic mass is 16.5. The summed E-state index contributed by atoms with van der Waals surface area (Å²) in [4.78, 5) is 2.40. The van der Waals surface area contributed by atoms with Gasteiger partial charge in [-0.05, 0) is 18.1 Å². The Balaban J connectivity index is 2.02. The molecule has 2 rings (SSSR count). The molecule has 3 heteroatoms. The standard InChI is InChI=1S/C16H21NO2/c1-19-16-9-10-17(13-16)12-15-8-3-2-6-14(15)7-4-5-11-18/h2-3,6,8,16,18H,5,9-13H2,1H3. The van der Waals surface area contributed by atoms with Crippen LogP contribution in [0.25, 0.3) is 0 Å². The number of aliphatic hydroxyl groups excluding tert-OH is 1. The first-order valence-electron chi connectivity index (χ1n) is 6.76. The number of likely N-dealkylation sites (tertiary alicyclic amines) is 1. The van der Waals surface area contributed by atoms with Crippen molar-refractivity contribution in [1.29, 1.82) is 0 Å². The topological polar surface area (TPSA) is 32.7 Å². The number of hydrogen-bond donors (Lipinski definition) is 1. The van der Waals surface area contributed by atoms with Gasteiger partial charge in [0.1, 0.15) is 0 Å². The van der Waals surface area contributed by atoms with Crippen LogP contribution in [0.5, 0.6) is 0 Å². The maximum absolute atomic E-state index is 8.78. The van der Waals surface area contributed by atoms with E-state index in [-0.39, 0.29) is 6.61 Å². The van der Waals surface area contributed by atoms with Gasteiger partial charge in [-0.15, -0.1) is 0 Å². The Kier molecular flexibility index (Phi) is 5.41. The Morgan fingerprint density at radius 1 is 1.42 bits per heavy atom. The fourth-order valence-electron chi connectivity index (χ4n) is 2.37. The molecule has 0 saturated carbocycles. The monoisotopic (exact) mass is 259 g/mol. The zero-order valence-electron chi connectivity index (χ0n) is 11.4. The van der Waals surface area contributed by atoms with E-state index in [0.29, 0.717) is 12.5 Å². The molecule has 0 aliphatic carbocycles. The quantitative estimate of drug-likeness (QED) is 0.834. The van der Waals surface area contributed by atoms with Gasteiger partial charge in [0.2, 0.25) is 0 Å². The van der Waals surface area contributed by atoms with Crippen molar-refractivity contribution in [2.75, 3.05) is 26.8 Å². The molecule has 0 amide bonds. The van der Waals surface area contributed by atoms with Crippen molar-refractivity contribution < 1.29 is 9.84 Å². The zero-order chi connectivity index (χ0) is 13.5. The Bertz CT molecular complexity index is 461. The van der Waals surface area contributed by atoms with Crippen LogP contribution in [-0.2, 0) is 11.3 Å². The largest absolute Gasteiger partial charge is 0.395 e. The van der Waals surface area contributed by atoms with Gasteiger partial charge in [0, 0.05) is 38.7 Å². The van der Waals surface area contributed by atoms with E-state index >= 15 is 0 Å². The van der Waals surface area contributed by atoms with Crippen LogP contribution in [0.1, 0.15) is 24.0 Å². The van der Waals surface area contributed by atoms with Crippen LogP contribution >= 0.6 is 0 Å². The maximum Gasteiger partial charge on any atom is 0.0710 e. The Morgan fingerprint density at radius 2 is 2.26 bits per heavy atom. The Morgan fingerprint density at radius 3 is 3.00 bits per heavy atom. The predicted molar refractivity (Wildman–Crippen MR) is 75.7 cm³/mol. The van der Waals surface area contributed by atoms with Crippen LogP contribution in [0.2, 0.25) is 0 Å². The van der Waals surface area contributed by atoms with E-state index < -0.39 is 0 Å². The average Bonchev–Trinajstić information content (AvgIpc) is 2.89. The van der Waals surface area contributed by atoms with Crippen LogP contribution in [0, 0.1) is 11.8 Å². The van der Waals surface area contributed by atoms with Crippen LogP contribution < -0.4 is 0 Å². The molecule has 0 aromatic heterocycles. The first kappa shape index (κ1) is 14.1. The number of aliphatic hydroxyl groups is 1. The van der Waals surface area contributed by atoms with E-state index in [2.05, 4.69) is 28.9 Å². The number of methoxy groups -OCH3 is 1. The molecule has 102 valence electrons. The van der Waals surface area contributed by atoms with E-state index in [9.17, 15) is 0 Å². The highest BCUT2D eigenvalue weighted by Crippen LogP contribution is 2.17. The number of nitrogens with zero attached hydrogens (tertiary/aromatic N) is 1. The van der Waals surface area contributed by atoms with Gasteiger partial charge in [-0.2, -0.15) is 0 Å². The summed E-state index contributed by atoms with van der Waals surface area (Å²) in [6, 6.07) is 8.23. The number of hydrogen-bond acceptors (Lipinski definition) is 3. The van der Waals surface area contributed by atoms with Gasteiger partial charge in [0.05, 0.1) is 12.7 Å². The lowest BCUT2D eigenvalue weighted by Crippen LogP contribution is -2.22. The summed E-state index contributed by atoms with van der Waals surface area (Å²) in [5, 5.41) is 8.78. The molecular weight excluding hydrogens is 238 g/mol. The summed E-state index contributed by atoms with van der Waals surface area (Å²) < 4.78 is 5.39. The third-order valence-corrected chi connectivity index (χ3v) is 3.43. The second kappa shape index (κ2) is 7.30. The molecule has 0 bridgehead atoms. The summed E-state index contributed by atoms with van der Waals surface area (Å²) in [6.45, 7) is 3.12. The average molecular weight is 259 g/mol. The molecule has 1 fully saturated rings. The molecule has 19 heavy (non-hydrogen) atoms. The van der Waals surface area contributed by atoms with Crippen molar-refractivity contribution in [2.24, 2.45) is 0 Å². The lowest BCUT2D eigenvalue weighted by molar-refractivity contribution is 0.107. The van der Waals surface area contributed by atoms with Crippen molar-refractivity contribution in [1.82, 2.24) is 4.90 Å². The summed E-state index contributed by atoms with van der Waals surface area (Å²) in [5.41, 5.74) is 2.32. The molecule has 3 nitrogen and oxygen atoms in total. The van der Waals surface area contributed by atoms with Gasteiger partial charge in [-0.1, -0.05) is 30.0 Å². The van der Waals surface area contributed by atoms with Gasteiger partial charge in [0.15, 0.2) is 0 Å². The minimum absolute atomic E-state index is 0.122. The van der Waals surface area contributed by atoms with Crippen molar-refractivity contribution in [2.45, 2.75) is 25.5 Å². The van der Waals surface area contributed by atoms with Gasteiger partial charge in [-0.3, -0.25) is 4.90 Å². The van der Waals surface area contributed by atoms with E-state index in [0.717, 1.165) is 31.6 Å². The van der Waals surface area contributed by atoms with Crippen molar-refractivity contribution in [3.8, 4) is 11.8 Å². The van der Waals surface area contributed by atoms with E-state index in [4.69, 9.17) is 9.84 Å². The third-order valence-electron chi connectivity index (χ3n) is 3.43. The normalized spacial score (nSPS) is 19.2. The Labute approximate surface area is 115 Å². The van der Waals surface area contributed by atoms with Crippen LogP contribution in [0.3, 0.4) is 0 Å². The highest BCUT2D eigenvalue weighted by Gasteiger charge is 2.22. The molecule has 1 heterocycles. The molecule has 1 N–H and O–H groups in total. The van der Waals surface area contributed by atoms with Gasteiger partial charge < -0.3 is 9.84 Å². The van der Waals surface area contributed by atoms with Crippen molar-refractivity contribution in [3.63, 3.8) is 0 Å². The molecule has 1 unspecified atom stereocenters. The zero-order valence-corrected chi connectivity index (χ0v) is 11.4. The van der Waals surface area contributed by atoms with Gasteiger partial charge in [0.25, 0.3) is 0 Å². The van der Waals surface area contributed by atoms with Crippen molar-refractivity contribution in [3.05, 3.63) is 35.4 Å². The number of rotatable bonds is 4. The third kappa shape index (κ3) is 4.07. The van der Waals surface area contributed by atoms with E-state index in [1.807, 2.05) is 12.1 Å². The minimum Gasteiger partial charge on any atom is -0.395 e. The number of ether oxygens (including phenoxy) is 1. The molecular formula is C16H21NO2. The Hall–Kier alpha value is -1.34. The highest BCUT2D eigenvalue weighted by molar-refractivity contribution is 5.41. The van der Waals surface area contributed by atoms with E-state index in [1.165, 1.54) is 5.56 Å². The molecule has 0 spiro atoms. The first-order chi connectivity index (χ1) is 9.33. The molecule has 1 aromatic carbocycles. The summed E-state index contributed by atoms with van der Waals surface area (Å²) in [5.74, 6) is 6.14. The van der Waals surface area contributed by atoms with E-state index in [1.54, 1.807) is 7.11 Å². The SMILES string of the molecule is COC1CCN(Cc2ccccc2C#CCCO)C1. The molecule has 1 aliphatic heterocycles. The smallest absolute Gasteiger partial charge is 0.0710 e. The lowest BCUT2D eigenvalue weighted by atomic mass is 10.1. The lowest BCUT2D eigenvalue weighted by Gasteiger charge is -2.16. The molecule has 1 atom stereocenters. The fraction of sp³-hybridized carbons (Fsp3) is 0.500. The predicted octanol–water partition coefficient (Wildman–Crippen LogP) is 1.64. The summed E-state index contributed by atoms with van der Waals surface area (Å²) in [6.07, 6.45) is 2.01.